The summed E-state index contributed by atoms with van der Waals surface area (Å²) in [6.45, 7) is 0.849. The molecule has 0 radical (unpaired) electrons. The molecule has 0 bridgehead atoms. The number of carboxylic acid groups (broad SMARTS) is 1. The molecule has 1 atom stereocenters. The van der Waals surface area contributed by atoms with Crippen LogP contribution in [0.5, 0.6) is 0 Å². The van der Waals surface area contributed by atoms with Gasteiger partial charge < -0.3 is 15.3 Å². The van der Waals surface area contributed by atoms with Crippen molar-refractivity contribution in [1.29, 1.82) is 5.26 Å². The molecule has 2 aliphatic rings. The van der Waals surface area contributed by atoms with Crippen LogP contribution in [0.4, 0.5) is 4.79 Å². The van der Waals surface area contributed by atoms with Gasteiger partial charge in [0.15, 0.2) is 0 Å². The molecule has 2 N–H and O–H groups in total. The van der Waals surface area contributed by atoms with Gasteiger partial charge in [0.05, 0.1) is 11.5 Å². The van der Waals surface area contributed by atoms with Crippen LogP contribution in [-0.4, -0.2) is 41.1 Å². The molecule has 0 aliphatic carbocycles. The quantitative estimate of drug-likeness (QED) is 0.763. The van der Waals surface area contributed by atoms with Gasteiger partial charge in [-0.25, -0.2) is 4.79 Å². The Bertz CT molecular complexity index is 394. The van der Waals surface area contributed by atoms with Crippen molar-refractivity contribution in [2.75, 3.05) is 13.1 Å². The lowest BCUT2D eigenvalue weighted by molar-refractivity contribution is -0.129. The second-order valence-corrected chi connectivity index (χ2v) is 5.12. The smallest absolute Gasteiger partial charge is 0.407 e. The van der Waals surface area contributed by atoms with Gasteiger partial charge in [-0.2, -0.15) is 5.26 Å². The molecule has 0 aromatic carbocycles. The van der Waals surface area contributed by atoms with E-state index >= 15 is 0 Å². The van der Waals surface area contributed by atoms with E-state index in [0.717, 1.165) is 6.42 Å². The summed E-state index contributed by atoms with van der Waals surface area (Å²) in [5.41, 5.74) is -0.397. The van der Waals surface area contributed by atoms with Gasteiger partial charge in [0.1, 0.15) is 0 Å². The standard InChI is InChI=1S/C12H17N3O3/c13-5-1-2-9-8-12(10(16)14-9)3-6-15(7-4-12)11(17)18/h9H,1-4,6-8H2,(H,14,16)(H,17,18)/t9-/m0/s1. The number of nitrogens with zero attached hydrogens (tertiary/aromatic N) is 2. The molecule has 0 unspecified atom stereocenters. The fourth-order valence-electron chi connectivity index (χ4n) is 2.92. The minimum Gasteiger partial charge on any atom is -0.465 e. The number of carbonyl (C=O) groups is 2. The average Bonchev–Trinajstić information content (AvgIpc) is 2.64. The number of nitriles is 1. The van der Waals surface area contributed by atoms with Gasteiger partial charge in [-0.3, -0.25) is 4.79 Å². The third-order valence-electron chi connectivity index (χ3n) is 4.05. The van der Waals surface area contributed by atoms with Crippen molar-refractivity contribution in [2.24, 2.45) is 5.41 Å². The normalized spacial score (nSPS) is 25.8. The van der Waals surface area contributed by atoms with E-state index in [-0.39, 0.29) is 11.9 Å². The number of carbonyl (C=O) groups excluding carboxylic acids is 1. The van der Waals surface area contributed by atoms with E-state index < -0.39 is 11.5 Å². The monoisotopic (exact) mass is 251 g/mol. The number of hydrogen-bond donors (Lipinski definition) is 2. The third-order valence-corrected chi connectivity index (χ3v) is 4.05. The van der Waals surface area contributed by atoms with Crippen LogP contribution in [0.15, 0.2) is 0 Å². The number of amides is 2. The van der Waals surface area contributed by atoms with E-state index in [2.05, 4.69) is 11.4 Å². The van der Waals surface area contributed by atoms with Gasteiger partial charge in [0.2, 0.25) is 5.91 Å². The highest BCUT2D eigenvalue weighted by Gasteiger charge is 2.48. The van der Waals surface area contributed by atoms with Crippen LogP contribution in [-0.2, 0) is 4.79 Å². The first kappa shape index (κ1) is 12.7. The molecule has 1 spiro atoms. The lowest BCUT2D eigenvalue weighted by Crippen LogP contribution is -2.45. The van der Waals surface area contributed by atoms with Crippen LogP contribution in [0.2, 0.25) is 0 Å². The molecule has 0 aromatic heterocycles. The third kappa shape index (κ3) is 2.26. The van der Waals surface area contributed by atoms with Gasteiger partial charge in [0.25, 0.3) is 0 Å². The van der Waals surface area contributed by atoms with E-state index in [4.69, 9.17) is 10.4 Å². The Morgan fingerprint density at radius 2 is 2.22 bits per heavy atom. The fourth-order valence-corrected chi connectivity index (χ4v) is 2.92. The zero-order valence-corrected chi connectivity index (χ0v) is 10.2. The number of nitrogens with one attached hydrogen (secondary N) is 1. The summed E-state index contributed by atoms with van der Waals surface area (Å²) in [4.78, 5) is 24.2. The second kappa shape index (κ2) is 4.84. The molecule has 98 valence electrons. The van der Waals surface area contributed by atoms with Crippen LogP contribution >= 0.6 is 0 Å². The molecule has 2 fully saturated rings. The number of rotatable bonds is 2. The topological polar surface area (TPSA) is 93.4 Å². The molecule has 0 aromatic rings. The van der Waals surface area contributed by atoms with E-state index in [1.807, 2.05) is 0 Å². The predicted molar refractivity (Wildman–Crippen MR) is 62.7 cm³/mol. The largest absolute Gasteiger partial charge is 0.465 e. The zero-order chi connectivity index (χ0) is 13.2. The highest BCUT2D eigenvalue weighted by atomic mass is 16.4. The summed E-state index contributed by atoms with van der Waals surface area (Å²) in [5.74, 6) is 0.0375. The van der Waals surface area contributed by atoms with E-state index in [1.165, 1.54) is 4.90 Å². The fraction of sp³-hybridized carbons (Fsp3) is 0.750. The molecule has 0 saturated carbocycles. The Hall–Kier alpha value is -1.77. The Labute approximate surface area is 106 Å². The van der Waals surface area contributed by atoms with Crippen molar-refractivity contribution in [3.05, 3.63) is 0 Å². The van der Waals surface area contributed by atoms with Crippen LogP contribution in [0.1, 0.15) is 32.1 Å². The van der Waals surface area contributed by atoms with Crippen molar-refractivity contribution in [3.8, 4) is 6.07 Å². The zero-order valence-electron chi connectivity index (χ0n) is 10.2. The highest BCUT2D eigenvalue weighted by Crippen LogP contribution is 2.41. The Balaban J connectivity index is 1.95. The van der Waals surface area contributed by atoms with Gasteiger partial charge in [-0.1, -0.05) is 0 Å². The molecule has 2 amide bonds. The Morgan fingerprint density at radius 3 is 2.78 bits per heavy atom. The van der Waals surface area contributed by atoms with Gasteiger partial charge in [-0.15, -0.1) is 0 Å². The predicted octanol–water partition coefficient (Wildman–Crippen LogP) is 0.939. The highest BCUT2D eigenvalue weighted by molar-refractivity contribution is 5.85. The minimum atomic E-state index is -0.913. The maximum atomic E-state index is 12.0. The minimum absolute atomic E-state index is 0.0375. The molecular weight excluding hydrogens is 234 g/mol. The summed E-state index contributed by atoms with van der Waals surface area (Å²) in [7, 11) is 0. The summed E-state index contributed by atoms with van der Waals surface area (Å²) in [6, 6.07) is 2.16. The SMILES string of the molecule is N#CCC[C@H]1CC2(CCN(C(=O)O)CC2)C(=O)N1. The molecule has 18 heavy (non-hydrogen) atoms. The van der Waals surface area contributed by atoms with Crippen molar-refractivity contribution in [3.63, 3.8) is 0 Å². The van der Waals surface area contributed by atoms with Gasteiger partial charge >= 0.3 is 6.09 Å². The molecule has 6 nitrogen and oxygen atoms in total. The Kier molecular flexibility index (Phi) is 3.41. The van der Waals surface area contributed by atoms with Crippen molar-refractivity contribution < 1.29 is 14.7 Å². The summed E-state index contributed by atoms with van der Waals surface area (Å²) in [6.07, 6.45) is 2.14. The van der Waals surface area contributed by atoms with Crippen molar-refractivity contribution in [1.82, 2.24) is 10.2 Å². The lowest BCUT2D eigenvalue weighted by Gasteiger charge is -2.36. The van der Waals surface area contributed by atoms with Gasteiger partial charge in [-0.05, 0) is 25.7 Å². The number of piperidine rings is 1. The van der Waals surface area contributed by atoms with Crippen LogP contribution in [0, 0.1) is 16.7 Å². The molecule has 2 saturated heterocycles. The van der Waals surface area contributed by atoms with Crippen LogP contribution in [0.25, 0.3) is 0 Å². The molecule has 2 heterocycles. The lowest BCUT2D eigenvalue weighted by atomic mass is 9.75. The number of hydrogen-bond acceptors (Lipinski definition) is 3. The van der Waals surface area contributed by atoms with E-state index in [9.17, 15) is 9.59 Å². The maximum absolute atomic E-state index is 12.0. The summed E-state index contributed by atoms with van der Waals surface area (Å²) >= 11 is 0. The van der Waals surface area contributed by atoms with E-state index in [1.54, 1.807) is 0 Å². The van der Waals surface area contributed by atoms with Crippen molar-refractivity contribution in [2.45, 2.75) is 38.1 Å². The van der Waals surface area contributed by atoms with Crippen molar-refractivity contribution >= 4 is 12.0 Å². The summed E-state index contributed by atoms with van der Waals surface area (Å²) in [5, 5.41) is 20.4. The average molecular weight is 251 g/mol. The molecular formula is C12H17N3O3. The molecule has 2 rings (SSSR count). The van der Waals surface area contributed by atoms with Crippen LogP contribution in [0.3, 0.4) is 0 Å². The van der Waals surface area contributed by atoms with Gasteiger partial charge in [0, 0.05) is 25.6 Å². The second-order valence-electron chi connectivity index (χ2n) is 5.12. The maximum Gasteiger partial charge on any atom is 0.407 e. The number of likely N-dealkylation sites (tertiary alicyclic amines) is 1. The first-order chi connectivity index (χ1) is 8.57. The van der Waals surface area contributed by atoms with E-state index in [0.29, 0.717) is 38.8 Å². The summed E-state index contributed by atoms with van der Waals surface area (Å²) < 4.78 is 0. The van der Waals surface area contributed by atoms with Crippen LogP contribution < -0.4 is 5.32 Å². The molecule has 2 aliphatic heterocycles. The molecule has 6 heteroatoms. The first-order valence-electron chi connectivity index (χ1n) is 6.23. The Morgan fingerprint density at radius 1 is 1.56 bits per heavy atom. The first-order valence-corrected chi connectivity index (χ1v) is 6.23.